The minimum atomic E-state index is 0.641. The van der Waals surface area contributed by atoms with E-state index in [0.29, 0.717) is 10.0 Å². The standard InChI is InChI=1S/C14H10Cl2N2/c1-18-12(6-7-17-18)13-11(15)8-9-4-2-3-5-10(9)14(13)16/h2-8H,1H3. The predicted molar refractivity (Wildman–Crippen MR) is 76.2 cm³/mol. The highest BCUT2D eigenvalue weighted by molar-refractivity contribution is 6.43. The van der Waals surface area contributed by atoms with Gasteiger partial charge in [-0.25, -0.2) is 0 Å². The molecule has 0 amide bonds. The number of nitrogens with zero attached hydrogens (tertiary/aromatic N) is 2. The fourth-order valence-electron chi connectivity index (χ4n) is 2.12. The van der Waals surface area contributed by atoms with Crippen molar-refractivity contribution < 1.29 is 0 Å². The van der Waals surface area contributed by atoms with E-state index in [2.05, 4.69) is 5.10 Å². The lowest BCUT2D eigenvalue weighted by atomic mass is 10.0. The molecule has 0 radical (unpaired) electrons. The van der Waals surface area contributed by atoms with Gasteiger partial charge in [-0.1, -0.05) is 47.5 Å². The van der Waals surface area contributed by atoms with Gasteiger partial charge >= 0.3 is 0 Å². The summed E-state index contributed by atoms with van der Waals surface area (Å²) >= 11 is 12.8. The molecule has 0 aliphatic rings. The first kappa shape index (κ1) is 11.6. The molecule has 2 nitrogen and oxygen atoms in total. The molecule has 1 aromatic heterocycles. The van der Waals surface area contributed by atoms with Gasteiger partial charge in [0, 0.05) is 24.2 Å². The van der Waals surface area contributed by atoms with E-state index in [-0.39, 0.29) is 0 Å². The van der Waals surface area contributed by atoms with Crippen molar-refractivity contribution in [2.24, 2.45) is 7.05 Å². The highest BCUT2D eigenvalue weighted by Gasteiger charge is 2.14. The normalized spacial score (nSPS) is 11.1. The fraction of sp³-hybridized carbons (Fsp3) is 0.0714. The number of benzene rings is 2. The third-order valence-electron chi connectivity index (χ3n) is 3.01. The summed E-state index contributed by atoms with van der Waals surface area (Å²) in [4.78, 5) is 0. The molecule has 0 saturated carbocycles. The van der Waals surface area contributed by atoms with E-state index in [1.165, 1.54) is 0 Å². The third kappa shape index (κ3) is 1.69. The maximum atomic E-state index is 6.48. The fourth-order valence-corrected chi connectivity index (χ4v) is 2.85. The number of hydrogen-bond acceptors (Lipinski definition) is 1. The summed E-state index contributed by atoms with van der Waals surface area (Å²) in [7, 11) is 1.87. The quantitative estimate of drug-likeness (QED) is 0.638. The summed E-state index contributed by atoms with van der Waals surface area (Å²) in [5, 5.41) is 7.50. The van der Waals surface area contributed by atoms with Crippen molar-refractivity contribution in [2.45, 2.75) is 0 Å². The monoisotopic (exact) mass is 276 g/mol. The third-order valence-corrected chi connectivity index (χ3v) is 3.71. The molecule has 1 heterocycles. The number of aromatic nitrogens is 2. The van der Waals surface area contributed by atoms with Gasteiger partial charge in [-0.15, -0.1) is 0 Å². The lowest BCUT2D eigenvalue weighted by Gasteiger charge is -2.10. The molecule has 90 valence electrons. The van der Waals surface area contributed by atoms with Crippen LogP contribution in [0.4, 0.5) is 0 Å². The second-order valence-corrected chi connectivity index (χ2v) is 4.89. The summed E-state index contributed by atoms with van der Waals surface area (Å²) in [5.74, 6) is 0. The van der Waals surface area contributed by atoms with Crippen LogP contribution in [-0.4, -0.2) is 9.78 Å². The largest absolute Gasteiger partial charge is 0.268 e. The summed E-state index contributed by atoms with van der Waals surface area (Å²) in [6.45, 7) is 0. The Kier molecular flexibility index (Phi) is 2.77. The molecule has 3 rings (SSSR count). The smallest absolute Gasteiger partial charge is 0.0709 e. The van der Waals surface area contributed by atoms with Crippen molar-refractivity contribution >= 4 is 34.0 Å². The average molecular weight is 277 g/mol. The topological polar surface area (TPSA) is 17.8 Å². The molecule has 0 aliphatic heterocycles. The molecular weight excluding hydrogens is 267 g/mol. The molecular formula is C14H10Cl2N2. The molecule has 4 heteroatoms. The van der Waals surface area contributed by atoms with Gasteiger partial charge in [0.2, 0.25) is 0 Å². The van der Waals surface area contributed by atoms with Crippen LogP contribution in [0.2, 0.25) is 10.0 Å². The molecule has 0 aliphatic carbocycles. The van der Waals surface area contributed by atoms with Gasteiger partial charge in [-0.2, -0.15) is 5.10 Å². The Morgan fingerprint density at radius 2 is 1.89 bits per heavy atom. The van der Waals surface area contributed by atoms with E-state index < -0.39 is 0 Å². The number of aryl methyl sites for hydroxylation is 1. The van der Waals surface area contributed by atoms with Gasteiger partial charge in [0.05, 0.1) is 15.7 Å². The Morgan fingerprint density at radius 1 is 1.11 bits per heavy atom. The van der Waals surface area contributed by atoms with Crippen LogP contribution in [-0.2, 0) is 7.05 Å². The number of rotatable bonds is 1. The van der Waals surface area contributed by atoms with Crippen LogP contribution in [0, 0.1) is 0 Å². The molecule has 18 heavy (non-hydrogen) atoms. The van der Waals surface area contributed by atoms with Crippen molar-refractivity contribution in [3.8, 4) is 11.3 Å². The lowest BCUT2D eigenvalue weighted by molar-refractivity contribution is 0.776. The Morgan fingerprint density at radius 3 is 2.61 bits per heavy atom. The van der Waals surface area contributed by atoms with Gasteiger partial charge in [-0.3, -0.25) is 4.68 Å². The van der Waals surface area contributed by atoms with Gasteiger partial charge in [-0.05, 0) is 17.5 Å². The maximum absolute atomic E-state index is 6.48. The molecule has 2 aromatic carbocycles. The van der Waals surface area contributed by atoms with Crippen LogP contribution in [0.25, 0.3) is 22.0 Å². The van der Waals surface area contributed by atoms with E-state index in [4.69, 9.17) is 23.2 Å². The molecule has 0 fully saturated rings. The van der Waals surface area contributed by atoms with E-state index in [0.717, 1.165) is 22.0 Å². The van der Waals surface area contributed by atoms with Crippen LogP contribution in [0.3, 0.4) is 0 Å². The first-order valence-corrected chi connectivity index (χ1v) is 6.29. The van der Waals surface area contributed by atoms with Crippen molar-refractivity contribution in [3.63, 3.8) is 0 Å². The van der Waals surface area contributed by atoms with Crippen LogP contribution in [0.15, 0.2) is 42.6 Å². The summed E-state index contributed by atoms with van der Waals surface area (Å²) in [5.41, 5.74) is 1.74. The Labute approximate surface area is 115 Å². The van der Waals surface area contributed by atoms with Crippen LogP contribution in [0.5, 0.6) is 0 Å². The van der Waals surface area contributed by atoms with Crippen LogP contribution < -0.4 is 0 Å². The highest BCUT2D eigenvalue weighted by Crippen LogP contribution is 2.39. The second-order valence-electron chi connectivity index (χ2n) is 4.11. The summed E-state index contributed by atoms with van der Waals surface area (Å²) in [6, 6.07) is 11.8. The van der Waals surface area contributed by atoms with Crippen molar-refractivity contribution in [3.05, 3.63) is 52.6 Å². The molecule has 0 atom stereocenters. The first-order chi connectivity index (χ1) is 8.68. The van der Waals surface area contributed by atoms with E-state index >= 15 is 0 Å². The van der Waals surface area contributed by atoms with Gasteiger partial charge in [0.25, 0.3) is 0 Å². The van der Waals surface area contributed by atoms with Gasteiger partial charge < -0.3 is 0 Å². The number of fused-ring (bicyclic) bond motifs is 1. The van der Waals surface area contributed by atoms with E-state index in [9.17, 15) is 0 Å². The summed E-state index contributed by atoms with van der Waals surface area (Å²) in [6.07, 6.45) is 1.73. The Bertz CT molecular complexity index is 732. The van der Waals surface area contributed by atoms with E-state index in [1.807, 2.05) is 43.4 Å². The van der Waals surface area contributed by atoms with Crippen LogP contribution in [0.1, 0.15) is 0 Å². The predicted octanol–water partition coefficient (Wildman–Crippen LogP) is 4.55. The highest BCUT2D eigenvalue weighted by atomic mass is 35.5. The number of halogens is 2. The zero-order chi connectivity index (χ0) is 12.7. The molecule has 0 saturated heterocycles. The minimum absolute atomic E-state index is 0.641. The number of hydrogen-bond donors (Lipinski definition) is 0. The zero-order valence-corrected chi connectivity index (χ0v) is 11.2. The Balaban J connectivity index is 2.40. The van der Waals surface area contributed by atoms with Gasteiger partial charge in [0.15, 0.2) is 0 Å². The maximum Gasteiger partial charge on any atom is 0.0709 e. The summed E-state index contributed by atoms with van der Waals surface area (Å²) < 4.78 is 1.77. The molecule has 0 N–H and O–H groups in total. The van der Waals surface area contributed by atoms with Crippen molar-refractivity contribution in [1.82, 2.24) is 9.78 Å². The van der Waals surface area contributed by atoms with Crippen molar-refractivity contribution in [1.29, 1.82) is 0 Å². The minimum Gasteiger partial charge on any atom is -0.268 e. The average Bonchev–Trinajstić information content (AvgIpc) is 2.76. The van der Waals surface area contributed by atoms with Crippen LogP contribution >= 0.6 is 23.2 Å². The zero-order valence-electron chi connectivity index (χ0n) is 9.69. The van der Waals surface area contributed by atoms with E-state index in [1.54, 1.807) is 10.9 Å². The lowest BCUT2D eigenvalue weighted by Crippen LogP contribution is -1.95. The molecule has 0 unspecified atom stereocenters. The van der Waals surface area contributed by atoms with Crippen molar-refractivity contribution in [2.75, 3.05) is 0 Å². The Hall–Kier alpha value is -1.51. The first-order valence-electron chi connectivity index (χ1n) is 5.53. The molecule has 0 spiro atoms. The van der Waals surface area contributed by atoms with Gasteiger partial charge in [0.1, 0.15) is 0 Å². The molecule has 3 aromatic rings. The second kappa shape index (κ2) is 4.30. The molecule has 0 bridgehead atoms. The SMILES string of the molecule is Cn1nccc1-c1c(Cl)cc2ccccc2c1Cl.